The second-order valence-corrected chi connectivity index (χ2v) is 19.2. The summed E-state index contributed by atoms with van der Waals surface area (Å²) in [5.41, 5.74) is 0.220. The van der Waals surface area contributed by atoms with E-state index in [1.54, 1.807) is 13.8 Å². The number of halogens is 4. The molecule has 0 aliphatic carbocycles. The number of nitrogens with zero attached hydrogens (tertiary/aromatic N) is 6. The van der Waals surface area contributed by atoms with Gasteiger partial charge in [-0.3, -0.25) is 9.44 Å². The van der Waals surface area contributed by atoms with Crippen LogP contribution in [0.25, 0.3) is 0 Å². The van der Waals surface area contributed by atoms with E-state index in [1.165, 1.54) is 45.0 Å². The van der Waals surface area contributed by atoms with Crippen molar-refractivity contribution in [3.63, 3.8) is 0 Å². The first-order valence-corrected chi connectivity index (χ1v) is 23.8. The molecule has 8 N–H and O–H groups in total. The monoisotopic (exact) mass is 950 g/mol. The number of aliphatic hydroxyl groups excluding tert-OH is 4. The van der Waals surface area contributed by atoms with Crippen LogP contribution < -0.4 is 20.1 Å². The predicted molar refractivity (Wildman–Crippen MR) is 226 cm³/mol. The number of hydrogen-bond acceptors (Lipinski definition) is 16. The van der Waals surface area contributed by atoms with Gasteiger partial charge in [0.05, 0.1) is 37.5 Å². The van der Waals surface area contributed by atoms with Crippen LogP contribution in [0.15, 0.2) is 58.8 Å². The third-order valence-corrected chi connectivity index (χ3v) is 14.1. The number of benzene rings is 2. The van der Waals surface area contributed by atoms with Crippen molar-refractivity contribution in [3.05, 3.63) is 82.9 Å². The fourth-order valence-corrected chi connectivity index (χ4v) is 9.40. The quantitative estimate of drug-likeness (QED) is 0.0360. The molecule has 0 amide bonds. The Bertz CT molecular complexity index is 2210. The van der Waals surface area contributed by atoms with E-state index in [2.05, 4.69) is 40.0 Å². The molecule has 0 spiro atoms. The molecule has 0 saturated carbocycles. The molecule has 2 aliphatic rings. The number of aliphatic hydroxyl groups is 4. The summed E-state index contributed by atoms with van der Waals surface area (Å²) in [5.74, 6) is -3.49. The molecule has 26 heteroatoms. The van der Waals surface area contributed by atoms with Gasteiger partial charge in [-0.1, -0.05) is 47.8 Å². The van der Waals surface area contributed by atoms with Crippen molar-refractivity contribution in [2.75, 3.05) is 59.5 Å². The van der Waals surface area contributed by atoms with Gasteiger partial charge < -0.3 is 31.1 Å². The first-order chi connectivity index (χ1) is 29.4. The Labute approximate surface area is 364 Å². The third kappa shape index (κ3) is 13.4. The topological polar surface area (TPSA) is 255 Å². The highest BCUT2D eigenvalue weighted by Crippen LogP contribution is 2.28. The molecule has 18 nitrogen and oxygen atoms in total. The van der Waals surface area contributed by atoms with Gasteiger partial charge in [-0.25, -0.2) is 37.5 Å². The van der Waals surface area contributed by atoms with Gasteiger partial charge in [0, 0.05) is 60.9 Å². The van der Waals surface area contributed by atoms with E-state index in [-0.39, 0.29) is 56.2 Å². The molecule has 4 aromatic rings. The maximum atomic E-state index is 13.9. The van der Waals surface area contributed by atoms with Crippen molar-refractivity contribution in [1.29, 1.82) is 0 Å². The van der Waals surface area contributed by atoms with Gasteiger partial charge in [0.25, 0.3) is 0 Å². The van der Waals surface area contributed by atoms with E-state index in [4.69, 9.17) is 10.2 Å². The van der Waals surface area contributed by atoms with Crippen molar-refractivity contribution in [1.82, 2.24) is 28.5 Å². The van der Waals surface area contributed by atoms with Crippen molar-refractivity contribution in [2.45, 2.75) is 72.8 Å². The van der Waals surface area contributed by atoms with E-state index in [1.807, 2.05) is 0 Å². The molecule has 0 bridgehead atoms. The summed E-state index contributed by atoms with van der Waals surface area (Å²) in [4.78, 5) is 16.8. The van der Waals surface area contributed by atoms with Gasteiger partial charge in [0.15, 0.2) is 33.6 Å². The standard InChI is InChI=1S/2C18H23F2N5O4S2/c2*1-11(14(27)9-26)21-15-8-16(24-31(28,29)25-6-3-7-25)23-18(22-15)30-10-12-4-2-5-13(19)17(12)20/h2*2,4-5,8,11,14,26-27H,3,6-7,9-10H2,1H3,(H2,21,22,23,24)/t2*11-,14-/m00/s1. The number of nitrogens with one attached hydrogen (secondary N) is 4. The van der Waals surface area contributed by atoms with Crippen LogP contribution in [0.5, 0.6) is 0 Å². The van der Waals surface area contributed by atoms with E-state index >= 15 is 0 Å². The van der Waals surface area contributed by atoms with Crippen LogP contribution in [0.4, 0.5) is 40.8 Å². The van der Waals surface area contributed by atoms with Gasteiger partial charge in [-0.2, -0.15) is 25.4 Å². The van der Waals surface area contributed by atoms with E-state index in [9.17, 15) is 44.6 Å². The highest BCUT2D eigenvalue weighted by Gasteiger charge is 2.30. The molecule has 0 unspecified atom stereocenters. The Hall–Kier alpha value is -4.12. The Kier molecular flexibility index (Phi) is 17.3. The molecular weight excluding hydrogens is 905 g/mol. The molecule has 2 aromatic heterocycles. The van der Waals surface area contributed by atoms with Crippen LogP contribution in [-0.4, -0.2) is 129 Å². The molecule has 4 heterocycles. The summed E-state index contributed by atoms with van der Waals surface area (Å²) in [7, 11) is -7.56. The van der Waals surface area contributed by atoms with Gasteiger partial charge in [0.1, 0.15) is 23.3 Å². The fraction of sp³-hybridized carbons (Fsp3) is 0.444. The molecule has 6 rings (SSSR count). The van der Waals surface area contributed by atoms with Crippen molar-refractivity contribution in [3.8, 4) is 0 Å². The zero-order valence-electron chi connectivity index (χ0n) is 33.2. The minimum atomic E-state index is -3.78. The lowest BCUT2D eigenvalue weighted by atomic mass is 10.2. The molecule has 62 heavy (non-hydrogen) atoms. The average Bonchev–Trinajstić information content (AvgIpc) is 3.16. The maximum absolute atomic E-state index is 13.9. The summed E-state index contributed by atoms with van der Waals surface area (Å²) in [6, 6.07) is 9.17. The SMILES string of the molecule is C[C@H](Nc1cc(NS(=O)(=O)N2CCC2)nc(SCc2cccc(F)c2F)n1)[C@@H](O)CO.C[C@H](Nc1cc(NS(=O)(=O)N2CCC2)nc(SCc2cccc(F)c2F)n1)[C@@H](O)CO. The largest absolute Gasteiger partial charge is 0.394 e. The Morgan fingerprint density at radius 2 is 0.984 bits per heavy atom. The van der Waals surface area contributed by atoms with Gasteiger partial charge >= 0.3 is 20.4 Å². The van der Waals surface area contributed by atoms with E-state index in [0.717, 1.165) is 48.5 Å². The summed E-state index contributed by atoms with van der Waals surface area (Å²) >= 11 is 1.98. The van der Waals surface area contributed by atoms with Gasteiger partial charge in [-0.15, -0.1) is 0 Å². The minimum Gasteiger partial charge on any atom is -0.394 e. The van der Waals surface area contributed by atoms with Crippen LogP contribution in [0, 0.1) is 23.3 Å². The normalized spacial score (nSPS) is 16.4. The van der Waals surface area contributed by atoms with Crippen LogP contribution in [0.2, 0.25) is 0 Å². The molecule has 4 atom stereocenters. The number of aromatic nitrogens is 4. The number of thioether (sulfide) groups is 2. The Balaban J connectivity index is 0.000000234. The van der Waals surface area contributed by atoms with Crippen LogP contribution in [-0.2, 0) is 31.9 Å². The predicted octanol–water partition coefficient (Wildman–Crippen LogP) is 3.13. The van der Waals surface area contributed by atoms with Crippen LogP contribution in [0.1, 0.15) is 37.8 Å². The zero-order chi connectivity index (χ0) is 45.2. The molecule has 2 saturated heterocycles. The highest BCUT2D eigenvalue weighted by molar-refractivity contribution is 7.98. The Morgan fingerprint density at radius 3 is 1.31 bits per heavy atom. The molecule has 2 aliphatic heterocycles. The first kappa shape index (κ1) is 48.9. The summed E-state index contributed by atoms with van der Waals surface area (Å²) in [6.07, 6.45) is -0.606. The van der Waals surface area contributed by atoms with Gasteiger partial charge in [0.2, 0.25) is 0 Å². The molecule has 0 radical (unpaired) electrons. The molecule has 340 valence electrons. The van der Waals surface area contributed by atoms with E-state index in [0.29, 0.717) is 26.2 Å². The lowest BCUT2D eigenvalue weighted by Crippen LogP contribution is -2.45. The van der Waals surface area contributed by atoms with E-state index < -0.39 is 81.2 Å². The Morgan fingerprint density at radius 1 is 0.629 bits per heavy atom. The lowest BCUT2D eigenvalue weighted by molar-refractivity contribution is 0.0837. The highest BCUT2D eigenvalue weighted by atomic mass is 32.2. The summed E-state index contributed by atoms with van der Waals surface area (Å²) in [5, 5.41) is 43.8. The van der Waals surface area contributed by atoms with Crippen molar-refractivity contribution in [2.24, 2.45) is 0 Å². The minimum absolute atomic E-state index is 0.0141. The van der Waals surface area contributed by atoms with Crippen molar-refractivity contribution >= 4 is 67.2 Å². The van der Waals surface area contributed by atoms with Crippen molar-refractivity contribution < 1.29 is 54.8 Å². The third-order valence-electron chi connectivity index (χ3n) is 9.24. The smallest absolute Gasteiger partial charge is 0.302 e. The maximum Gasteiger partial charge on any atom is 0.302 e. The summed E-state index contributed by atoms with van der Waals surface area (Å²) < 4.78 is 112. The number of anilines is 4. The fourth-order valence-electron chi connectivity index (χ4n) is 5.26. The first-order valence-electron chi connectivity index (χ1n) is 18.9. The number of rotatable bonds is 20. The van der Waals surface area contributed by atoms with Crippen LogP contribution >= 0.6 is 23.5 Å². The second kappa shape index (κ2) is 22.0. The summed E-state index contributed by atoms with van der Waals surface area (Å²) in [6.45, 7) is 3.90. The van der Waals surface area contributed by atoms with Gasteiger partial charge in [-0.05, 0) is 38.8 Å². The molecule has 2 aromatic carbocycles. The second-order valence-electron chi connectivity index (χ2n) is 13.9. The van der Waals surface area contributed by atoms with Crippen LogP contribution in [0.3, 0.4) is 0 Å². The molecular formula is C36H46F4N10O8S4. The average molecular weight is 951 g/mol. The molecule has 2 fully saturated rings. The zero-order valence-corrected chi connectivity index (χ0v) is 36.5. The lowest BCUT2D eigenvalue weighted by Gasteiger charge is -2.29. The number of hydrogen-bond donors (Lipinski definition) is 8.